The first kappa shape index (κ1) is 16.6. The molecule has 4 nitrogen and oxygen atoms in total. The van der Waals surface area contributed by atoms with Gasteiger partial charge in [-0.05, 0) is 24.6 Å². The van der Waals surface area contributed by atoms with Crippen molar-refractivity contribution < 1.29 is 21.6 Å². The predicted molar refractivity (Wildman–Crippen MR) is 81.6 cm³/mol. The van der Waals surface area contributed by atoms with E-state index in [1.165, 1.54) is 18.2 Å². The fourth-order valence-corrected chi connectivity index (χ4v) is 4.44. The topological polar surface area (TPSA) is 40.6 Å². The Kier molecular flexibility index (Phi) is 3.87. The molecule has 0 aliphatic carbocycles. The van der Waals surface area contributed by atoms with E-state index in [1.807, 2.05) is 0 Å². The van der Waals surface area contributed by atoms with Crippen molar-refractivity contribution in [2.75, 3.05) is 37.3 Å². The minimum absolute atomic E-state index is 0.0233. The molecule has 0 N–H and O–H groups in total. The molecule has 0 saturated carbocycles. The summed E-state index contributed by atoms with van der Waals surface area (Å²) in [5.74, 6) is -3.35. The van der Waals surface area contributed by atoms with Gasteiger partial charge in [0.25, 0.3) is 5.92 Å². The van der Waals surface area contributed by atoms with Gasteiger partial charge in [-0.1, -0.05) is 6.07 Å². The van der Waals surface area contributed by atoms with Gasteiger partial charge in [0.05, 0.1) is 11.7 Å². The van der Waals surface area contributed by atoms with E-state index in [0.29, 0.717) is 12.2 Å². The molecular formula is C15H19F3N2O2S. The van der Waals surface area contributed by atoms with Gasteiger partial charge in [0.15, 0.2) is 0 Å². The summed E-state index contributed by atoms with van der Waals surface area (Å²) < 4.78 is 67.1. The molecule has 2 saturated heterocycles. The van der Waals surface area contributed by atoms with E-state index in [9.17, 15) is 21.6 Å². The minimum atomic E-state index is -3.51. The Hall–Kier alpha value is -1.28. The van der Waals surface area contributed by atoms with Crippen molar-refractivity contribution in [2.24, 2.45) is 5.41 Å². The number of benzene rings is 1. The van der Waals surface area contributed by atoms with E-state index in [0.717, 1.165) is 10.6 Å². The Labute approximate surface area is 133 Å². The molecule has 3 rings (SSSR count). The molecule has 1 spiro atoms. The number of nitrogens with zero attached hydrogens (tertiary/aromatic N) is 2. The average molecular weight is 348 g/mol. The third-order valence-corrected chi connectivity index (χ3v) is 6.18. The lowest BCUT2D eigenvalue weighted by molar-refractivity contribution is -0.145. The smallest absolute Gasteiger partial charge is 0.257 e. The van der Waals surface area contributed by atoms with Gasteiger partial charge < -0.3 is 4.90 Å². The first-order chi connectivity index (χ1) is 10.6. The van der Waals surface area contributed by atoms with Gasteiger partial charge in [0.2, 0.25) is 10.0 Å². The molecule has 2 fully saturated rings. The molecule has 23 heavy (non-hydrogen) atoms. The molecule has 1 aromatic carbocycles. The maximum absolute atomic E-state index is 14.6. The zero-order valence-electron chi connectivity index (χ0n) is 12.8. The van der Waals surface area contributed by atoms with Gasteiger partial charge in [-0.25, -0.2) is 25.9 Å². The number of anilines is 1. The van der Waals surface area contributed by atoms with E-state index in [4.69, 9.17) is 0 Å². The highest BCUT2D eigenvalue weighted by Crippen LogP contribution is 2.50. The molecule has 0 unspecified atom stereocenters. The van der Waals surface area contributed by atoms with E-state index in [1.54, 1.807) is 11.0 Å². The van der Waals surface area contributed by atoms with E-state index >= 15 is 0 Å². The summed E-state index contributed by atoms with van der Waals surface area (Å²) in [6, 6.07) is 5.83. The fraction of sp³-hybridized carbons (Fsp3) is 0.600. The maximum Gasteiger partial charge on any atom is 0.257 e. The number of alkyl halides is 2. The Bertz CT molecular complexity index is 710. The predicted octanol–water partition coefficient (Wildman–Crippen LogP) is 2.32. The number of rotatable bonds is 2. The van der Waals surface area contributed by atoms with Crippen LogP contribution in [0, 0.1) is 11.2 Å². The normalized spacial score (nSPS) is 28.4. The highest BCUT2D eigenvalue weighted by molar-refractivity contribution is 7.88. The van der Waals surface area contributed by atoms with Crippen LogP contribution in [-0.2, 0) is 10.0 Å². The van der Waals surface area contributed by atoms with Crippen LogP contribution < -0.4 is 4.90 Å². The van der Waals surface area contributed by atoms with Crippen molar-refractivity contribution in [3.8, 4) is 0 Å². The molecule has 2 aliphatic rings. The summed E-state index contributed by atoms with van der Waals surface area (Å²) in [5, 5.41) is 0. The summed E-state index contributed by atoms with van der Waals surface area (Å²) in [5.41, 5.74) is -0.866. The lowest BCUT2D eigenvalue weighted by Crippen LogP contribution is -2.58. The summed E-state index contributed by atoms with van der Waals surface area (Å²) >= 11 is 0. The van der Waals surface area contributed by atoms with Gasteiger partial charge in [-0.15, -0.1) is 0 Å². The van der Waals surface area contributed by atoms with Crippen molar-refractivity contribution in [3.63, 3.8) is 0 Å². The molecule has 1 atom stereocenters. The number of halogens is 3. The summed E-state index contributed by atoms with van der Waals surface area (Å²) in [7, 11) is -3.51. The molecule has 128 valence electrons. The Morgan fingerprint density at radius 1 is 1.13 bits per heavy atom. The van der Waals surface area contributed by atoms with Crippen molar-refractivity contribution in [1.82, 2.24) is 4.31 Å². The molecule has 0 amide bonds. The Morgan fingerprint density at radius 2 is 1.87 bits per heavy atom. The Morgan fingerprint density at radius 3 is 2.52 bits per heavy atom. The highest BCUT2D eigenvalue weighted by atomic mass is 32.2. The molecular weight excluding hydrogens is 329 g/mol. The average Bonchev–Trinajstić information content (AvgIpc) is 2.87. The standard InChI is InChI=1S/C15H19F3N2O2S/c1-23(21,22)20-8-6-15(17,18)14(11-20)5-7-19(10-14)13-4-2-3-12(16)9-13/h2-4,9H,5-8,10-11H2,1H3/t14-/m1/s1. The van der Waals surface area contributed by atoms with Crippen LogP contribution in [0.3, 0.4) is 0 Å². The summed E-state index contributed by atoms with van der Waals surface area (Å²) in [6.07, 6.45) is 0.753. The molecule has 1 aromatic rings. The van der Waals surface area contributed by atoms with Crippen LogP contribution in [-0.4, -0.2) is 51.1 Å². The molecule has 0 bridgehead atoms. The zero-order chi connectivity index (χ0) is 16.9. The van der Waals surface area contributed by atoms with Crippen LogP contribution in [0.4, 0.5) is 18.9 Å². The van der Waals surface area contributed by atoms with Crippen LogP contribution in [0.1, 0.15) is 12.8 Å². The van der Waals surface area contributed by atoms with Crippen molar-refractivity contribution >= 4 is 15.7 Å². The molecule has 0 aromatic heterocycles. The van der Waals surface area contributed by atoms with Crippen molar-refractivity contribution in [3.05, 3.63) is 30.1 Å². The fourth-order valence-electron chi connectivity index (χ4n) is 3.54. The van der Waals surface area contributed by atoms with E-state index < -0.39 is 33.6 Å². The highest BCUT2D eigenvalue weighted by Gasteiger charge is 2.60. The molecule has 2 heterocycles. The van der Waals surface area contributed by atoms with Crippen LogP contribution in [0.2, 0.25) is 0 Å². The lowest BCUT2D eigenvalue weighted by Gasteiger charge is -2.45. The van der Waals surface area contributed by atoms with Gasteiger partial charge in [-0.2, -0.15) is 0 Å². The van der Waals surface area contributed by atoms with Crippen LogP contribution in [0.15, 0.2) is 24.3 Å². The van der Waals surface area contributed by atoms with Crippen LogP contribution >= 0.6 is 0 Å². The minimum Gasteiger partial charge on any atom is -0.371 e. The van der Waals surface area contributed by atoms with Gasteiger partial charge in [-0.3, -0.25) is 0 Å². The molecule has 2 aliphatic heterocycles. The summed E-state index contributed by atoms with van der Waals surface area (Å²) in [6.45, 7) is 0.0321. The van der Waals surface area contributed by atoms with E-state index in [-0.39, 0.29) is 26.1 Å². The first-order valence-corrected chi connectivity index (χ1v) is 9.31. The van der Waals surface area contributed by atoms with Crippen LogP contribution in [0.25, 0.3) is 0 Å². The second-order valence-electron chi connectivity index (χ2n) is 6.48. The quantitative estimate of drug-likeness (QED) is 0.824. The van der Waals surface area contributed by atoms with Gasteiger partial charge in [0.1, 0.15) is 5.82 Å². The number of sulfonamides is 1. The van der Waals surface area contributed by atoms with E-state index in [2.05, 4.69) is 0 Å². The lowest BCUT2D eigenvalue weighted by atomic mass is 9.76. The van der Waals surface area contributed by atoms with Crippen molar-refractivity contribution in [1.29, 1.82) is 0 Å². The van der Waals surface area contributed by atoms with Gasteiger partial charge >= 0.3 is 0 Å². The number of hydrogen-bond acceptors (Lipinski definition) is 3. The second-order valence-corrected chi connectivity index (χ2v) is 8.47. The summed E-state index contributed by atoms with van der Waals surface area (Å²) in [4.78, 5) is 1.71. The number of piperidine rings is 1. The second kappa shape index (κ2) is 5.37. The molecule has 8 heteroatoms. The largest absolute Gasteiger partial charge is 0.371 e. The monoisotopic (exact) mass is 348 g/mol. The third-order valence-electron chi connectivity index (χ3n) is 4.93. The van der Waals surface area contributed by atoms with Crippen molar-refractivity contribution in [2.45, 2.75) is 18.8 Å². The third kappa shape index (κ3) is 2.94. The van der Waals surface area contributed by atoms with Gasteiger partial charge in [0, 0.05) is 38.3 Å². The first-order valence-electron chi connectivity index (χ1n) is 7.47. The number of hydrogen-bond donors (Lipinski definition) is 0. The Balaban J connectivity index is 1.88. The maximum atomic E-state index is 14.6. The zero-order valence-corrected chi connectivity index (χ0v) is 13.6. The molecule has 0 radical (unpaired) electrons. The van der Waals surface area contributed by atoms with Crippen LogP contribution in [0.5, 0.6) is 0 Å². The SMILES string of the molecule is CS(=O)(=O)N1CCC(F)(F)[C@@]2(CCN(c3cccc(F)c3)C2)C1.